The third-order valence-corrected chi connectivity index (χ3v) is 6.56. The van der Waals surface area contributed by atoms with E-state index in [-0.39, 0.29) is 59.5 Å². The van der Waals surface area contributed by atoms with E-state index in [1.54, 1.807) is 14.2 Å². The van der Waals surface area contributed by atoms with Crippen molar-refractivity contribution in [3.05, 3.63) is 87.4 Å². The maximum Gasteiger partial charge on any atom is 0.311 e. The van der Waals surface area contributed by atoms with Gasteiger partial charge in [0.05, 0.1) is 50.0 Å². The van der Waals surface area contributed by atoms with Gasteiger partial charge in [-0.05, 0) is 11.1 Å². The second-order valence-electron chi connectivity index (χ2n) is 8.49. The van der Waals surface area contributed by atoms with Crippen LogP contribution >= 0.6 is 23.2 Å². The van der Waals surface area contributed by atoms with Crippen molar-refractivity contribution in [2.75, 3.05) is 61.3 Å². The molecule has 0 aliphatic rings. The number of methoxy groups -OCH3 is 3. The summed E-state index contributed by atoms with van der Waals surface area (Å²) < 4.78 is 44.0. The lowest BCUT2D eigenvalue weighted by molar-refractivity contribution is -0.146. The zero-order valence-electron chi connectivity index (χ0n) is 23.2. The lowest BCUT2D eigenvalue weighted by Crippen LogP contribution is -2.16. The summed E-state index contributed by atoms with van der Waals surface area (Å²) in [5.74, 6) is -0.277. The van der Waals surface area contributed by atoms with E-state index >= 15 is 0 Å². The first-order chi connectivity index (χ1) is 20.0. The molecule has 0 aromatic heterocycles. The molecule has 0 unspecified atom stereocenters. The molecule has 3 aromatic rings. The van der Waals surface area contributed by atoms with E-state index in [0.717, 1.165) is 11.1 Å². The van der Waals surface area contributed by atoms with Gasteiger partial charge >= 0.3 is 5.97 Å². The standard InChI is InChI=1S/C30H34Cl2O9/c1-34-14-16-37-19-39-29-26(32)23(25(31)28(36-3)30(29)40-20-38-17-15-35-2)18-24(33)41-27(21-10-6-4-7-11-21)22-12-8-5-9-13-22/h4-13,27H,14-20H2,1-3H3. The van der Waals surface area contributed by atoms with Crippen molar-refractivity contribution >= 4 is 29.2 Å². The van der Waals surface area contributed by atoms with Crippen molar-refractivity contribution < 1.29 is 42.7 Å². The van der Waals surface area contributed by atoms with Gasteiger partial charge in [0.15, 0.2) is 31.2 Å². The summed E-state index contributed by atoms with van der Waals surface area (Å²) in [6.45, 7) is 0.998. The zero-order chi connectivity index (χ0) is 29.5. The van der Waals surface area contributed by atoms with Crippen LogP contribution in [0.3, 0.4) is 0 Å². The highest BCUT2D eigenvalue weighted by Gasteiger charge is 2.29. The summed E-state index contributed by atoms with van der Waals surface area (Å²) in [6, 6.07) is 18.9. The number of carbonyl (C=O) groups excluding carboxylic acids is 1. The third kappa shape index (κ3) is 9.49. The van der Waals surface area contributed by atoms with Crippen LogP contribution < -0.4 is 14.2 Å². The molecule has 41 heavy (non-hydrogen) atoms. The highest BCUT2D eigenvalue weighted by molar-refractivity contribution is 6.38. The average molecular weight is 609 g/mol. The van der Waals surface area contributed by atoms with Crippen LogP contribution in [-0.2, 0) is 34.9 Å². The maximum absolute atomic E-state index is 13.4. The van der Waals surface area contributed by atoms with E-state index in [0.29, 0.717) is 19.8 Å². The molecule has 0 aliphatic heterocycles. The molecule has 0 saturated carbocycles. The van der Waals surface area contributed by atoms with Crippen molar-refractivity contribution in [2.45, 2.75) is 12.5 Å². The summed E-state index contributed by atoms with van der Waals surface area (Å²) in [4.78, 5) is 13.4. The maximum atomic E-state index is 13.4. The predicted molar refractivity (Wildman–Crippen MR) is 154 cm³/mol. The van der Waals surface area contributed by atoms with Crippen LogP contribution in [0, 0.1) is 0 Å². The molecular formula is C30H34Cl2O9. The molecule has 222 valence electrons. The Hall–Kier alpha value is -3.05. The Balaban J connectivity index is 1.90. The molecule has 0 radical (unpaired) electrons. The SMILES string of the molecule is COCCOCOc1c(Cl)c(CC(=O)OC(c2ccccc2)c2ccccc2)c(Cl)c(OC)c1OCOCCOC. The number of ether oxygens (including phenoxy) is 8. The average Bonchev–Trinajstić information content (AvgIpc) is 3.00. The first kappa shape index (κ1) is 32.5. The fraction of sp³-hybridized carbons (Fsp3) is 0.367. The Labute approximate surface area is 250 Å². The molecule has 9 nitrogen and oxygen atoms in total. The molecule has 0 N–H and O–H groups in total. The Bertz CT molecular complexity index is 1170. The van der Waals surface area contributed by atoms with E-state index < -0.39 is 12.1 Å². The number of rotatable bonds is 18. The fourth-order valence-corrected chi connectivity index (χ4v) is 4.45. The summed E-state index contributed by atoms with van der Waals surface area (Å²) in [5, 5.41) is 0.121. The van der Waals surface area contributed by atoms with Crippen LogP contribution in [0.5, 0.6) is 17.2 Å². The number of carbonyl (C=O) groups is 1. The molecule has 0 saturated heterocycles. The molecule has 0 spiro atoms. The van der Waals surface area contributed by atoms with E-state index in [1.807, 2.05) is 60.7 Å². The molecular weight excluding hydrogens is 575 g/mol. The van der Waals surface area contributed by atoms with Gasteiger partial charge in [0, 0.05) is 19.8 Å². The first-order valence-corrected chi connectivity index (χ1v) is 13.5. The van der Waals surface area contributed by atoms with Crippen LogP contribution in [0.2, 0.25) is 10.0 Å². The highest BCUT2D eigenvalue weighted by atomic mass is 35.5. The number of benzene rings is 3. The minimum atomic E-state index is -0.638. The topological polar surface area (TPSA) is 90.9 Å². The molecule has 11 heteroatoms. The van der Waals surface area contributed by atoms with E-state index in [4.69, 9.17) is 61.1 Å². The predicted octanol–water partition coefficient (Wildman–Crippen LogP) is 5.88. The van der Waals surface area contributed by atoms with Crippen LogP contribution in [0.25, 0.3) is 0 Å². The second-order valence-corrected chi connectivity index (χ2v) is 9.25. The minimum Gasteiger partial charge on any atom is -0.491 e. The molecule has 0 amide bonds. The van der Waals surface area contributed by atoms with Gasteiger partial charge in [0.25, 0.3) is 0 Å². The lowest BCUT2D eigenvalue weighted by Gasteiger charge is -2.22. The summed E-state index contributed by atoms with van der Waals surface area (Å²) in [6.07, 6.45) is -0.906. The van der Waals surface area contributed by atoms with E-state index in [2.05, 4.69) is 0 Å². The fourth-order valence-electron chi connectivity index (χ4n) is 3.78. The first-order valence-electron chi connectivity index (χ1n) is 12.8. The van der Waals surface area contributed by atoms with E-state index in [1.165, 1.54) is 7.11 Å². The Morgan fingerprint density at radius 1 is 0.683 bits per heavy atom. The van der Waals surface area contributed by atoms with Gasteiger partial charge in [-0.3, -0.25) is 4.79 Å². The van der Waals surface area contributed by atoms with Crippen molar-refractivity contribution in [2.24, 2.45) is 0 Å². The third-order valence-electron chi connectivity index (χ3n) is 5.76. The summed E-state index contributed by atoms with van der Waals surface area (Å²) in [7, 11) is 4.54. The van der Waals surface area contributed by atoms with Crippen LogP contribution in [0.4, 0.5) is 0 Å². The zero-order valence-corrected chi connectivity index (χ0v) is 24.7. The summed E-state index contributed by atoms with van der Waals surface area (Å²) in [5.41, 5.74) is 1.88. The quantitative estimate of drug-likeness (QED) is 0.0997. The molecule has 3 rings (SSSR count). The van der Waals surface area contributed by atoms with Gasteiger partial charge in [-0.15, -0.1) is 0 Å². The van der Waals surface area contributed by atoms with Crippen molar-refractivity contribution in [1.82, 2.24) is 0 Å². The van der Waals surface area contributed by atoms with Crippen LogP contribution in [-0.4, -0.2) is 67.3 Å². The van der Waals surface area contributed by atoms with Gasteiger partial charge in [-0.2, -0.15) is 0 Å². The Morgan fingerprint density at radius 2 is 1.17 bits per heavy atom. The summed E-state index contributed by atoms with van der Waals surface area (Å²) >= 11 is 13.5. The van der Waals surface area contributed by atoms with Crippen LogP contribution in [0.1, 0.15) is 22.8 Å². The Kier molecular flexibility index (Phi) is 14.0. The molecule has 0 atom stereocenters. The molecule has 0 aliphatic carbocycles. The van der Waals surface area contributed by atoms with Gasteiger partial charge < -0.3 is 37.9 Å². The highest BCUT2D eigenvalue weighted by Crippen LogP contribution is 2.50. The van der Waals surface area contributed by atoms with E-state index in [9.17, 15) is 4.79 Å². The van der Waals surface area contributed by atoms with Gasteiger partial charge in [0.1, 0.15) is 0 Å². The minimum absolute atomic E-state index is 0.0472. The largest absolute Gasteiger partial charge is 0.491 e. The number of esters is 1. The number of halogens is 2. The second kappa shape index (κ2) is 17.7. The number of hydrogen-bond acceptors (Lipinski definition) is 9. The van der Waals surface area contributed by atoms with Crippen molar-refractivity contribution in [3.63, 3.8) is 0 Å². The molecule has 3 aromatic carbocycles. The van der Waals surface area contributed by atoms with Crippen LogP contribution in [0.15, 0.2) is 60.7 Å². The van der Waals surface area contributed by atoms with Crippen molar-refractivity contribution in [3.8, 4) is 17.2 Å². The Morgan fingerprint density at radius 3 is 1.66 bits per heavy atom. The van der Waals surface area contributed by atoms with Gasteiger partial charge in [-0.25, -0.2) is 0 Å². The monoisotopic (exact) mass is 608 g/mol. The molecule has 0 heterocycles. The van der Waals surface area contributed by atoms with Crippen molar-refractivity contribution in [1.29, 1.82) is 0 Å². The number of hydrogen-bond donors (Lipinski definition) is 0. The normalized spacial score (nSPS) is 11.0. The molecule has 0 fully saturated rings. The lowest BCUT2D eigenvalue weighted by atomic mass is 10.0. The molecule has 0 bridgehead atoms. The van der Waals surface area contributed by atoms with Gasteiger partial charge in [0.2, 0.25) is 5.75 Å². The smallest absolute Gasteiger partial charge is 0.311 e. The van der Waals surface area contributed by atoms with Gasteiger partial charge in [-0.1, -0.05) is 83.9 Å².